The molecule has 2 aromatic carbocycles. The number of ether oxygens (including phenoxy) is 1. The van der Waals surface area contributed by atoms with Gasteiger partial charge in [-0.25, -0.2) is 0 Å². The van der Waals surface area contributed by atoms with Crippen molar-refractivity contribution in [3.63, 3.8) is 0 Å². The van der Waals surface area contributed by atoms with Crippen LogP contribution in [0.4, 0.5) is 11.4 Å². The van der Waals surface area contributed by atoms with E-state index in [1.807, 2.05) is 87.6 Å². The third kappa shape index (κ3) is 4.75. The first-order chi connectivity index (χ1) is 18.4. The smallest absolute Gasteiger partial charge is 0.226 e. The highest BCUT2D eigenvalue weighted by atomic mass is 32.1. The van der Waals surface area contributed by atoms with Gasteiger partial charge >= 0.3 is 0 Å². The Kier molecular flexibility index (Phi) is 7.15. The minimum absolute atomic E-state index is 0.0121. The predicted molar refractivity (Wildman–Crippen MR) is 155 cm³/mol. The van der Waals surface area contributed by atoms with E-state index in [0.29, 0.717) is 5.11 Å². The molecule has 1 fully saturated rings. The van der Waals surface area contributed by atoms with Crippen molar-refractivity contribution < 1.29 is 9.53 Å². The number of aromatic nitrogens is 2. The van der Waals surface area contributed by atoms with Gasteiger partial charge in [-0.15, -0.1) is 0 Å². The summed E-state index contributed by atoms with van der Waals surface area (Å²) in [5.41, 5.74) is 5.55. The Balaban J connectivity index is 1.62. The Labute approximate surface area is 228 Å². The molecule has 1 amide bonds. The third-order valence-corrected chi connectivity index (χ3v) is 7.11. The van der Waals surface area contributed by atoms with E-state index in [9.17, 15) is 4.79 Å². The molecule has 0 spiro atoms. The van der Waals surface area contributed by atoms with Crippen LogP contribution in [0.5, 0.6) is 5.75 Å². The number of para-hydroxylation sites is 2. The molecule has 194 valence electrons. The number of amides is 1. The Morgan fingerprint density at radius 2 is 1.87 bits per heavy atom. The van der Waals surface area contributed by atoms with Gasteiger partial charge in [0.05, 0.1) is 24.5 Å². The zero-order chi connectivity index (χ0) is 26.8. The number of nitrogens with one attached hydrogen (secondary N) is 2. The molecule has 4 aromatic rings. The molecular formula is C30H31N5O2S. The van der Waals surface area contributed by atoms with Crippen LogP contribution in [0, 0.1) is 12.8 Å². The van der Waals surface area contributed by atoms with Crippen molar-refractivity contribution in [1.82, 2.24) is 14.9 Å². The van der Waals surface area contributed by atoms with E-state index in [1.54, 1.807) is 13.3 Å². The number of hydrogen-bond acceptors (Lipinski definition) is 4. The van der Waals surface area contributed by atoms with Crippen LogP contribution in [0.3, 0.4) is 0 Å². The van der Waals surface area contributed by atoms with Gasteiger partial charge in [0, 0.05) is 35.4 Å². The fourth-order valence-corrected chi connectivity index (χ4v) is 5.18. The van der Waals surface area contributed by atoms with Gasteiger partial charge in [0.1, 0.15) is 11.8 Å². The topological polar surface area (TPSA) is 71.4 Å². The molecule has 1 aliphatic rings. The number of anilines is 2. The standard InChI is InChI=1S/C30H31N5O2S/c1-19(2)29(36)32-22-15-14-21(18-20(22)3)35-28(27(33-30(35)38)23-10-7-8-16-31-23)25-12-9-17-34(25)24-11-5-6-13-26(24)37-4/h5-19,27-28H,1-4H3,(H,32,36)(H,33,38)/t27-,28-/m1/s1. The summed E-state index contributed by atoms with van der Waals surface area (Å²) in [5.74, 6) is 0.665. The summed E-state index contributed by atoms with van der Waals surface area (Å²) in [6.07, 6.45) is 3.84. The first-order valence-corrected chi connectivity index (χ1v) is 13.0. The highest BCUT2D eigenvalue weighted by molar-refractivity contribution is 7.80. The number of nitrogens with zero attached hydrogens (tertiary/aromatic N) is 3. The summed E-state index contributed by atoms with van der Waals surface area (Å²) in [7, 11) is 1.68. The fourth-order valence-electron chi connectivity index (χ4n) is 4.83. The number of thiocarbonyl (C=S) groups is 1. The lowest BCUT2D eigenvalue weighted by atomic mass is 10.00. The summed E-state index contributed by atoms with van der Waals surface area (Å²) >= 11 is 5.92. The maximum absolute atomic E-state index is 12.3. The first kappa shape index (κ1) is 25.5. The van der Waals surface area contributed by atoms with Gasteiger partial charge in [-0.1, -0.05) is 32.0 Å². The Hall–Kier alpha value is -4.17. The van der Waals surface area contributed by atoms with Crippen LogP contribution in [0.2, 0.25) is 0 Å². The number of hydrogen-bond donors (Lipinski definition) is 2. The van der Waals surface area contributed by atoms with E-state index < -0.39 is 0 Å². The number of aryl methyl sites for hydroxylation is 1. The van der Waals surface area contributed by atoms with Crippen LogP contribution in [0.15, 0.2) is 85.2 Å². The Morgan fingerprint density at radius 1 is 1.08 bits per heavy atom. The summed E-state index contributed by atoms with van der Waals surface area (Å²) in [4.78, 5) is 19.1. The molecular weight excluding hydrogens is 494 g/mol. The predicted octanol–water partition coefficient (Wildman–Crippen LogP) is 5.96. The second kappa shape index (κ2) is 10.7. The quantitative estimate of drug-likeness (QED) is 0.290. The van der Waals surface area contributed by atoms with Crippen LogP contribution in [0.25, 0.3) is 5.69 Å². The summed E-state index contributed by atoms with van der Waals surface area (Å²) < 4.78 is 7.83. The van der Waals surface area contributed by atoms with Gasteiger partial charge in [-0.05, 0) is 79.3 Å². The van der Waals surface area contributed by atoms with Crippen molar-refractivity contribution in [2.45, 2.75) is 32.9 Å². The molecule has 0 unspecified atom stereocenters. The van der Waals surface area contributed by atoms with Crippen LogP contribution in [-0.4, -0.2) is 27.7 Å². The minimum Gasteiger partial charge on any atom is -0.495 e. The molecule has 2 atom stereocenters. The van der Waals surface area contributed by atoms with Crippen LogP contribution >= 0.6 is 12.2 Å². The van der Waals surface area contributed by atoms with E-state index in [-0.39, 0.29) is 23.9 Å². The maximum atomic E-state index is 12.3. The van der Waals surface area contributed by atoms with E-state index >= 15 is 0 Å². The molecule has 0 aliphatic carbocycles. The molecule has 8 heteroatoms. The average molecular weight is 526 g/mol. The second-order valence-corrected chi connectivity index (χ2v) is 10.0. The van der Waals surface area contributed by atoms with E-state index in [1.165, 1.54) is 0 Å². The van der Waals surface area contributed by atoms with Crippen molar-refractivity contribution in [3.05, 3.63) is 102 Å². The lowest BCUT2D eigenvalue weighted by Gasteiger charge is -2.29. The lowest BCUT2D eigenvalue weighted by Crippen LogP contribution is -2.30. The van der Waals surface area contributed by atoms with E-state index in [4.69, 9.17) is 17.0 Å². The number of carbonyl (C=O) groups excluding carboxylic acids is 1. The summed E-state index contributed by atoms with van der Waals surface area (Å²) in [6, 6.07) is 23.6. The molecule has 5 rings (SSSR count). The molecule has 2 N–H and O–H groups in total. The van der Waals surface area contributed by atoms with Crippen LogP contribution in [0.1, 0.15) is 42.9 Å². The number of rotatable bonds is 7. The molecule has 2 aromatic heterocycles. The number of methoxy groups -OCH3 is 1. The molecule has 38 heavy (non-hydrogen) atoms. The van der Waals surface area contributed by atoms with Gasteiger partial charge < -0.3 is 24.8 Å². The minimum atomic E-state index is -0.201. The molecule has 1 aliphatic heterocycles. The first-order valence-electron chi connectivity index (χ1n) is 12.6. The average Bonchev–Trinajstić information content (AvgIpc) is 3.54. The molecule has 1 saturated heterocycles. The zero-order valence-electron chi connectivity index (χ0n) is 21.9. The van der Waals surface area contributed by atoms with Crippen LogP contribution in [-0.2, 0) is 4.79 Å². The van der Waals surface area contributed by atoms with Crippen molar-refractivity contribution in [3.8, 4) is 11.4 Å². The molecule has 0 saturated carbocycles. The summed E-state index contributed by atoms with van der Waals surface area (Å²) in [5, 5.41) is 7.16. The number of carbonyl (C=O) groups is 1. The number of benzene rings is 2. The normalized spacial score (nSPS) is 17.0. The summed E-state index contributed by atoms with van der Waals surface area (Å²) in [6.45, 7) is 5.76. The fraction of sp³-hybridized carbons (Fsp3) is 0.233. The Bertz CT molecular complexity index is 1470. The van der Waals surface area contributed by atoms with E-state index in [0.717, 1.165) is 39.8 Å². The highest BCUT2D eigenvalue weighted by Crippen LogP contribution is 2.43. The maximum Gasteiger partial charge on any atom is 0.226 e. The second-order valence-electron chi connectivity index (χ2n) is 9.61. The SMILES string of the molecule is COc1ccccc1-n1cccc1[C@@H]1[C@@H](c2ccccn2)NC(=S)N1c1ccc(NC(=O)C(C)C)c(C)c1. The largest absolute Gasteiger partial charge is 0.495 e. The van der Waals surface area contributed by atoms with Crippen molar-refractivity contribution in [2.24, 2.45) is 5.92 Å². The van der Waals surface area contributed by atoms with Crippen LogP contribution < -0.4 is 20.3 Å². The molecule has 0 bridgehead atoms. The van der Waals surface area contributed by atoms with Crippen molar-refractivity contribution in [1.29, 1.82) is 0 Å². The molecule has 7 nitrogen and oxygen atoms in total. The van der Waals surface area contributed by atoms with Gasteiger partial charge in [0.15, 0.2) is 5.11 Å². The lowest BCUT2D eigenvalue weighted by molar-refractivity contribution is -0.118. The highest BCUT2D eigenvalue weighted by Gasteiger charge is 2.42. The Morgan fingerprint density at radius 3 is 2.58 bits per heavy atom. The molecule has 0 radical (unpaired) electrons. The monoisotopic (exact) mass is 525 g/mol. The van der Waals surface area contributed by atoms with Gasteiger partial charge in [-0.2, -0.15) is 0 Å². The van der Waals surface area contributed by atoms with Gasteiger partial charge in [-0.3, -0.25) is 9.78 Å². The molecule has 3 heterocycles. The van der Waals surface area contributed by atoms with Gasteiger partial charge in [0.2, 0.25) is 5.91 Å². The van der Waals surface area contributed by atoms with Crippen molar-refractivity contribution >= 4 is 34.6 Å². The van der Waals surface area contributed by atoms with Crippen molar-refractivity contribution in [2.75, 3.05) is 17.3 Å². The number of pyridine rings is 1. The van der Waals surface area contributed by atoms with Gasteiger partial charge in [0.25, 0.3) is 0 Å². The van der Waals surface area contributed by atoms with E-state index in [2.05, 4.69) is 37.2 Å². The zero-order valence-corrected chi connectivity index (χ0v) is 22.7. The third-order valence-electron chi connectivity index (χ3n) is 6.80.